The maximum absolute atomic E-state index is 9.80. The lowest BCUT2D eigenvalue weighted by molar-refractivity contribution is -0.0134. The van der Waals surface area contributed by atoms with Crippen LogP contribution < -0.4 is 5.32 Å². The van der Waals surface area contributed by atoms with Crippen LogP contribution >= 0.6 is 35.7 Å². The summed E-state index contributed by atoms with van der Waals surface area (Å²) >= 11 is 2.07. The van der Waals surface area contributed by atoms with Crippen molar-refractivity contribution in [2.24, 2.45) is 16.3 Å². The normalized spacial score (nSPS) is 25.2. The summed E-state index contributed by atoms with van der Waals surface area (Å²) in [6.45, 7) is 9.16. The van der Waals surface area contributed by atoms with Crippen LogP contribution in [0.15, 0.2) is 4.99 Å². The van der Waals surface area contributed by atoms with Gasteiger partial charge in [0.1, 0.15) is 0 Å². The summed E-state index contributed by atoms with van der Waals surface area (Å²) in [6, 6.07) is 0. The third kappa shape index (κ3) is 5.93. The van der Waals surface area contributed by atoms with E-state index in [0.717, 1.165) is 57.4 Å². The molecule has 2 aliphatic rings. The van der Waals surface area contributed by atoms with E-state index in [1.807, 2.05) is 7.05 Å². The molecule has 2 saturated heterocycles. The highest BCUT2D eigenvalue weighted by atomic mass is 127. The molecule has 2 fully saturated rings. The summed E-state index contributed by atoms with van der Waals surface area (Å²) < 4.78 is 5.43. The smallest absolute Gasteiger partial charge is 0.193 e. The van der Waals surface area contributed by atoms with Gasteiger partial charge in [0, 0.05) is 56.3 Å². The number of nitrogens with zero attached hydrogens (tertiary/aromatic N) is 2. The zero-order chi connectivity index (χ0) is 16.0. The Bertz CT molecular complexity index is 376. The molecule has 0 saturated carbocycles. The Morgan fingerprint density at radius 2 is 2.13 bits per heavy atom. The molecule has 23 heavy (non-hydrogen) atoms. The van der Waals surface area contributed by atoms with Crippen LogP contribution in [0.2, 0.25) is 0 Å². The number of hydrogen-bond acceptors (Lipinski definition) is 4. The largest absolute Gasteiger partial charge is 0.396 e. The van der Waals surface area contributed by atoms with Crippen molar-refractivity contribution in [3.63, 3.8) is 0 Å². The van der Waals surface area contributed by atoms with Crippen molar-refractivity contribution >= 4 is 41.7 Å². The number of aliphatic hydroxyl groups is 1. The van der Waals surface area contributed by atoms with Crippen LogP contribution in [0.3, 0.4) is 0 Å². The molecule has 5 nitrogen and oxygen atoms in total. The lowest BCUT2D eigenvalue weighted by Crippen LogP contribution is -2.52. The monoisotopic (exact) mass is 457 g/mol. The second-order valence-electron chi connectivity index (χ2n) is 6.77. The standard InChI is InChI=1S/C16H31N3O2S.HI/c1-13(2)14-10-19(6-9-22-14)15(17-3)18-11-16(12-20)4-7-21-8-5-16;/h13-14,20H,4-12H2,1-3H3,(H,17,18);1H. The summed E-state index contributed by atoms with van der Waals surface area (Å²) in [4.78, 5) is 6.83. The van der Waals surface area contributed by atoms with Gasteiger partial charge >= 0.3 is 0 Å². The van der Waals surface area contributed by atoms with Crippen molar-refractivity contribution in [3.05, 3.63) is 0 Å². The lowest BCUT2D eigenvalue weighted by Gasteiger charge is -2.39. The predicted molar refractivity (Wildman–Crippen MR) is 109 cm³/mol. The van der Waals surface area contributed by atoms with E-state index < -0.39 is 0 Å². The Balaban J connectivity index is 0.00000264. The highest BCUT2D eigenvalue weighted by Gasteiger charge is 2.33. The van der Waals surface area contributed by atoms with Crippen molar-refractivity contribution < 1.29 is 9.84 Å². The Morgan fingerprint density at radius 3 is 2.70 bits per heavy atom. The molecule has 1 atom stereocenters. The average molecular weight is 457 g/mol. The van der Waals surface area contributed by atoms with Crippen LogP contribution in [0.5, 0.6) is 0 Å². The minimum Gasteiger partial charge on any atom is -0.396 e. The van der Waals surface area contributed by atoms with Crippen LogP contribution in [0.1, 0.15) is 26.7 Å². The van der Waals surface area contributed by atoms with E-state index in [-0.39, 0.29) is 36.0 Å². The number of guanidine groups is 1. The van der Waals surface area contributed by atoms with Crippen molar-refractivity contribution in [1.29, 1.82) is 0 Å². The van der Waals surface area contributed by atoms with Crippen molar-refractivity contribution in [3.8, 4) is 0 Å². The molecule has 0 aliphatic carbocycles. The molecular formula is C16H32IN3O2S. The zero-order valence-corrected chi connectivity index (χ0v) is 17.7. The topological polar surface area (TPSA) is 57.1 Å². The number of rotatable bonds is 4. The summed E-state index contributed by atoms with van der Waals surface area (Å²) in [5, 5.41) is 14.0. The van der Waals surface area contributed by atoms with E-state index in [4.69, 9.17) is 4.74 Å². The van der Waals surface area contributed by atoms with Gasteiger partial charge in [0.25, 0.3) is 0 Å². The van der Waals surface area contributed by atoms with E-state index in [1.165, 1.54) is 0 Å². The number of halogens is 1. The van der Waals surface area contributed by atoms with Gasteiger partial charge in [0.15, 0.2) is 5.96 Å². The third-order valence-corrected chi connectivity index (χ3v) is 6.40. The Hall–Kier alpha value is 0.270. The molecule has 0 radical (unpaired) electrons. The van der Waals surface area contributed by atoms with Gasteiger partial charge in [-0.3, -0.25) is 4.99 Å². The molecule has 2 N–H and O–H groups in total. The molecule has 0 aromatic carbocycles. The lowest BCUT2D eigenvalue weighted by atomic mass is 9.81. The molecule has 2 rings (SSSR count). The van der Waals surface area contributed by atoms with Gasteiger partial charge in [-0.05, 0) is 18.8 Å². The molecule has 2 aliphatic heterocycles. The number of aliphatic hydroxyl groups excluding tert-OH is 1. The van der Waals surface area contributed by atoms with Crippen molar-refractivity contribution in [1.82, 2.24) is 10.2 Å². The van der Waals surface area contributed by atoms with E-state index >= 15 is 0 Å². The fraction of sp³-hybridized carbons (Fsp3) is 0.938. The van der Waals surface area contributed by atoms with E-state index in [9.17, 15) is 5.11 Å². The van der Waals surface area contributed by atoms with Crippen molar-refractivity contribution in [2.45, 2.75) is 31.9 Å². The maximum atomic E-state index is 9.80. The molecule has 2 heterocycles. The van der Waals surface area contributed by atoms with Crippen molar-refractivity contribution in [2.75, 3.05) is 52.3 Å². The molecular weight excluding hydrogens is 425 g/mol. The van der Waals surface area contributed by atoms with Gasteiger partial charge in [-0.25, -0.2) is 0 Å². The van der Waals surface area contributed by atoms with Crippen LogP contribution in [-0.2, 0) is 4.74 Å². The number of ether oxygens (including phenoxy) is 1. The number of hydrogen-bond donors (Lipinski definition) is 2. The summed E-state index contributed by atoms with van der Waals surface area (Å²) in [7, 11) is 1.85. The van der Waals surface area contributed by atoms with Gasteiger partial charge in [0.2, 0.25) is 0 Å². The molecule has 0 spiro atoms. The first-order chi connectivity index (χ1) is 10.6. The first kappa shape index (κ1) is 21.3. The van der Waals surface area contributed by atoms with Gasteiger partial charge in [-0.15, -0.1) is 24.0 Å². The van der Waals surface area contributed by atoms with Crippen LogP contribution in [0, 0.1) is 11.3 Å². The first-order valence-electron chi connectivity index (χ1n) is 8.36. The molecule has 0 amide bonds. The summed E-state index contributed by atoms with van der Waals surface area (Å²) in [6.07, 6.45) is 1.83. The molecule has 1 unspecified atom stereocenters. The minimum absolute atomic E-state index is 0. The highest BCUT2D eigenvalue weighted by molar-refractivity contribution is 14.0. The molecule has 0 bridgehead atoms. The second kappa shape index (κ2) is 10.3. The van der Waals surface area contributed by atoms with Gasteiger partial charge in [0.05, 0.1) is 6.61 Å². The highest BCUT2D eigenvalue weighted by Crippen LogP contribution is 2.29. The minimum atomic E-state index is -0.0593. The van der Waals surface area contributed by atoms with Gasteiger partial charge in [-0.1, -0.05) is 13.8 Å². The maximum Gasteiger partial charge on any atom is 0.193 e. The number of nitrogens with one attached hydrogen (secondary N) is 1. The van der Waals surface area contributed by atoms with Gasteiger partial charge in [-0.2, -0.15) is 11.8 Å². The molecule has 7 heteroatoms. The quantitative estimate of drug-likeness (QED) is 0.385. The first-order valence-corrected chi connectivity index (χ1v) is 9.41. The molecule has 136 valence electrons. The van der Waals surface area contributed by atoms with Crippen LogP contribution in [0.25, 0.3) is 0 Å². The molecule has 0 aromatic rings. The number of thioether (sulfide) groups is 1. The van der Waals surface area contributed by atoms with Crippen LogP contribution in [0.4, 0.5) is 0 Å². The Kier molecular flexibility index (Phi) is 9.55. The predicted octanol–water partition coefficient (Wildman–Crippen LogP) is 2.04. The SMILES string of the molecule is CN=C(NCC1(CO)CCOCC1)N1CCSC(C(C)C)C1.I. The molecule has 0 aromatic heterocycles. The Morgan fingerprint density at radius 1 is 1.43 bits per heavy atom. The average Bonchev–Trinajstić information content (AvgIpc) is 2.56. The fourth-order valence-electron chi connectivity index (χ4n) is 3.07. The third-order valence-electron chi connectivity index (χ3n) is 4.86. The number of aliphatic imine (C=N–C) groups is 1. The van der Waals surface area contributed by atoms with E-state index in [2.05, 4.69) is 40.8 Å². The van der Waals surface area contributed by atoms with E-state index in [1.54, 1.807) is 0 Å². The fourth-order valence-corrected chi connectivity index (χ4v) is 4.36. The zero-order valence-electron chi connectivity index (χ0n) is 14.6. The summed E-state index contributed by atoms with van der Waals surface area (Å²) in [5.41, 5.74) is -0.0593. The van der Waals surface area contributed by atoms with Crippen LogP contribution in [-0.4, -0.2) is 73.5 Å². The van der Waals surface area contributed by atoms with E-state index in [0.29, 0.717) is 11.2 Å². The Labute approximate surface area is 162 Å². The summed E-state index contributed by atoms with van der Waals surface area (Å²) in [5.74, 6) is 2.82. The second-order valence-corrected chi connectivity index (χ2v) is 8.12. The van der Waals surface area contributed by atoms with Gasteiger partial charge < -0.3 is 20.1 Å².